The Bertz CT molecular complexity index is 725. The topological polar surface area (TPSA) is 37.4 Å². The summed E-state index contributed by atoms with van der Waals surface area (Å²) in [6, 6.07) is 6.98. The SMILES string of the molecule is C=CC/C=C/CN(C1=CCCC=C1)S(=O)(=O)c1ccc(C)cc1. The van der Waals surface area contributed by atoms with Gasteiger partial charge in [0.15, 0.2) is 0 Å². The van der Waals surface area contributed by atoms with Crippen LogP contribution >= 0.6 is 0 Å². The summed E-state index contributed by atoms with van der Waals surface area (Å²) in [5.74, 6) is 0. The molecule has 0 saturated carbocycles. The van der Waals surface area contributed by atoms with Gasteiger partial charge in [-0.15, -0.1) is 6.58 Å². The van der Waals surface area contributed by atoms with E-state index in [-0.39, 0.29) is 0 Å². The molecule has 122 valence electrons. The van der Waals surface area contributed by atoms with E-state index in [0.717, 1.165) is 30.5 Å². The minimum absolute atomic E-state index is 0.320. The second-order valence-electron chi connectivity index (χ2n) is 5.45. The summed E-state index contributed by atoms with van der Waals surface area (Å²) in [7, 11) is -3.57. The number of sulfonamides is 1. The Labute approximate surface area is 139 Å². The van der Waals surface area contributed by atoms with E-state index >= 15 is 0 Å². The summed E-state index contributed by atoms with van der Waals surface area (Å²) in [4.78, 5) is 0.320. The van der Waals surface area contributed by atoms with Crippen molar-refractivity contribution in [3.05, 3.63) is 78.6 Å². The molecule has 0 N–H and O–H groups in total. The molecule has 1 aromatic carbocycles. The van der Waals surface area contributed by atoms with Crippen molar-refractivity contribution >= 4 is 10.0 Å². The van der Waals surface area contributed by atoms with E-state index in [4.69, 9.17) is 0 Å². The molecule has 0 radical (unpaired) electrons. The molecule has 0 aromatic heterocycles. The van der Waals surface area contributed by atoms with Crippen LogP contribution in [0, 0.1) is 6.92 Å². The van der Waals surface area contributed by atoms with Crippen LogP contribution in [0.3, 0.4) is 0 Å². The van der Waals surface area contributed by atoms with Crippen molar-refractivity contribution in [3.63, 3.8) is 0 Å². The molecule has 0 bridgehead atoms. The van der Waals surface area contributed by atoms with Gasteiger partial charge in [-0.05, 0) is 44.4 Å². The highest BCUT2D eigenvalue weighted by molar-refractivity contribution is 7.89. The molecule has 0 atom stereocenters. The first-order valence-corrected chi connectivity index (χ1v) is 9.21. The van der Waals surface area contributed by atoms with Crippen LogP contribution in [0.5, 0.6) is 0 Å². The lowest BCUT2D eigenvalue weighted by molar-refractivity contribution is 0.507. The fraction of sp³-hybridized carbons (Fsp3) is 0.263. The molecule has 1 aliphatic carbocycles. The highest BCUT2D eigenvalue weighted by Crippen LogP contribution is 2.24. The van der Waals surface area contributed by atoms with E-state index in [2.05, 4.69) is 6.58 Å². The van der Waals surface area contributed by atoms with Gasteiger partial charge >= 0.3 is 0 Å². The highest BCUT2D eigenvalue weighted by atomic mass is 32.2. The van der Waals surface area contributed by atoms with Gasteiger partial charge < -0.3 is 0 Å². The van der Waals surface area contributed by atoms with Crippen molar-refractivity contribution in [1.29, 1.82) is 0 Å². The Morgan fingerprint density at radius 3 is 2.52 bits per heavy atom. The first kappa shape index (κ1) is 17.3. The molecular weight excluding hydrogens is 306 g/mol. The standard InChI is InChI=1S/C19H23NO2S/c1-3-4-5-9-16-20(18-10-7-6-8-11-18)23(21,22)19-14-12-17(2)13-15-19/h3,5,7,9-15H,1,4,6,8,16H2,2H3/b9-5+. The van der Waals surface area contributed by atoms with E-state index in [1.54, 1.807) is 18.2 Å². The van der Waals surface area contributed by atoms with Crippen LogP contribution in [0.25, 0.3) is 0 Å². The van der Waals surface area contributed by atoms with Crippen LogP contribution in [-0.4, -0.2) is 19.3 Å². The molecule has 0 aliphatic heterocycles. The van der Waals surface area contributed by atoms with Crippen LogP contribution in [0.4, 0.5) is 0 Å². The zero-order chi connectivity index (χ0) is 16.7. The summed E-state index contributed by atoms with van der Waals surface area (Å²) in [5, 5.41) is 0. The smallest absolute Gasteiger partial charge is 0.263 e. The summed E-state index contributed by atoms with van der Waals surface area (Å²) in [6.45, 7) is 5.93. The quantitative estimate of drug-likeness (QED) is 0.697. The third kappa shape index (κ3) is 4.45. The number of rotatable bonds is 7. The predicted octanol–water partition coefficient (Wildman–Crippen LogP) is 4.35. The lowest BCUT2D eigenvalue weighted by atomic mass is 10.1. The molecule has 1 aliphatic rings. The molecule has 2 rings (SSSR count). The minimum atomic E-state index is -3.57. The first-order valence-electron chi connectivity index (χ1n) is 7.77. The van der Waals surface area contributed by atoms with Gasteiger partial charge in [0, 0.05) is 5.70 Å². The van der Waals surface area contributed by atoms with E-state index in [9.17, 15) is 8.42 Å². The maximum Gasteiger partial charge on any atom is 0.264 e. The van der Waals surface area contributed by atoms with Crippen molar-refractivity contribution in [2.75, 3.05) is 6.54 Å². The zero-order valence-corrected chi connectivity index (χ0v) is 14.3. The lowest BCUT2D eigenvalue weighted by Gasteiger charge is -2.25. The molecule has 0 heterocycles. The van der Waals surface area contributed by atoms with Crippen LogP contribution in [0.15, 0.2) is 77.9 Å². The fourth-order valence-electron chi connectivity index (χ4n) is 2.33. The van der Waals surface area contributed by atoms with Gasteiger partial charge in [-0.25, -0.2) is 8.42 Å². The van der Waals surface area contributed by atoms with Crippen LogP contribution in [-0.2, 0) is 10.0 Å². The molecule has 0 spiro atoms. The van der Waals surface area contributed by atoms with Gasteiger partial charge in [-0.3, -0.25) is 4.31 Å². The first-order chi connectivity index (χ1) is 11.1. The summed E-state index contributed by atoms with van der Waals surface area (Å²) < 4.78 is 27.5. The number of nitrogens with zero attached hydrogens (tertiary/aromatic N) is 1. The third-order valence-electron chi connectivity index (χ3n) is 3.61. The summed E-state index contributed by atoms with van der Waals surface area (Å²) >= 11 is 0. The molecule has 4 heteroatoms. The molecule has 0 unspecified atom stereocenters. The fourth-order valence-corrected chi connectivity index (χ4v) is 3.76. The summed E-state index contributed by atoms with van der Waals surface area (Å²) in [6.07, 6.45) is 14.0. The van der Waals surface area contributed by atoms with Crippen molar-refractivity contribution in [2.45, 2.75) is 31.1 Å². The van der Waals surface area contributed by atoms with E-state index in [1.807, 2.05) is 49.4 Å². The maximum absolute atomic E-state index is 13.0. The Kier molecular flexibility index (Phi) is 5.99. The highest BCUT2D eigenvalue weighted by Gasteiger charge is 2.24. The van der Waals surface area contributed by atoms with Crippen molar-refractivity contribution in [1.82, 2.24) is 4.31 Å². The Balaban J connectivity index is 2.34. The Morgan fingerprint density at radius 1 is 1.17 bits per heavy atom. The number of hydrogen-bond acceptors (Lipinski definition) is 2. The van der Waals surface area contributed by atoms with Gasteiger partial charge in [0.2, 0.25) is 0 Å². The summed E-state index contributed by atoms with van der Waals surface area (Å²) in [5.41, 5.74) is 1.78. The molecule has 0 fully saturated rings. The number of hydrogen-bond donors (Lipinski definition) is 0. The van der Waals surface area contributed by atoms with Gasteiger partial charge in [0.1, 0.15) is 0 Å². The van der Waals surface area contributed by atoms with Gasteiger partial charge in [-0.2, -0.15) is 0 Å². The average Bonchev–Trinajstić information content (AvgIpc) is 2.56. The van der Waals surface area contributed by atoms with E-state index < -0.39 is 10.0 Å². The molecular formula is C19H23NO2S. The lowest BCUT2D eigenvalue weighted by Crippen LogP contribution is -2.30. The van der Waals surface area contributed by atoms with Gasteiger partial charge in [-0.1, -0.05) is 48.1 Å². The van der Waals surface area contributed by atoms with Crippen LogP contribution < -0.4 is 0 Å². The van der Waals surface area contributed by atoms with Crippen LogP contribution in [0.1, 0.15) is 24.8 Å². The van der Waals surface area contributed by atoms with E-state index in [0.29, 0.717) is 11.4 Å². The van der Waals surface area contributed by atoms with Gasteiger partial charge in [0.05, 0.1) is 11.4 Å². The van der Waals surface area contributed by atoms with Crippen molar-refractivity contribution < 1.29 is 8.42 Å². The molecule has 3 nitrogen and oxygen atoms in total. The third-order valence-corrected chi connectivity index (χ3v) is 5.42. The zero-order valence-electron chi connectivity index (χ0n) is 13.5. The number of benzene rings is 1. The maximum atomic E-state index is 13.0. The molecule has 0 saturated heterocycles. The number of aryl methyl sites for hydroxylation is 1. The van der Waals surface area contributed by atoms with Crippen LogP contribution in [0.2, 0.25) is 0 Å². The Morgan fingerprint density at radius 2 is 1.91 bits per heavy atom. The second-order valence-corrected chi connectivity index (χ2v) is 7.32. The normalized spacial score (nSPS) is 14.7. The molecule has 0 amide bonds. The monoisotopic (exact) mass is 329 g/mol. The molecule has 1 aromatic rings. The number of allylic oxidation sites excluding steroid dienone is 5. The molecule has 23 heavy (non-hydrogen) atoms. The van der Waals surface area contributed by atoms with Crippen molar-refractivity contribution in [2.24, 2.45) is 0 Å². The van der Waals surface area contributed by atoms with E-state index in [1.165, 1.54) is 4.31 Å². The Hall–Kier alpha value is -2.07. The predicted molar refractivity (Wildman–Crippen MR) is 95.5 cm³/mol. The average molecular weight is 329 g/mol. The largest absolute Gasteiger partial charge is 0.264 e. The van der Waals surface area contributed by atoms with Crippen molar-refractivity contribution in [3.8, 4) is 0 Å². The second kappa shape index (κ2) is 7.97. The van der Waals surface area contributed by atoms with Gasteiger partial charge in [0.25, 0.3) is 10.0 Å². The minimum Gasteiger partial charge on any atom is -0.263 e.